The zero-order valence-electron chi connectivity index (χ0n) is 11.4. The fraction of sp³-hybridized carbons (Fsp3) is 0.538. The van der Waals surface area contributed by atoms with E-state index in [1.165, 1.54) is 6.07 Å². The number of nitro groups is 1. The molecule has 0 unspecified atom stereocenters. The summed E-state index contributed by atoms with van der Waals surface area (Å²) in [6.45, 7) is 6.23. The van der Waals surface area contributed by atoms with Gasteiger partial charge in [-0.1, -0.05) is 6.07 Å². The normalized spacial score (nSPS) is 19.5. The average molecular weight is 267 g/mol. The van der Waals surface area contributed by atoms with Gasteiger partial charge < -0.3 is 4.90 Å². The van der Waals surface area contributed by atoms with Crippen molar-refractivity contribution in [3.8, 4) is 0 Å². The Hall–Kier alpha value is -1.69. The standard InChI is InChI=1S/C13H18FN3O2/c1-13(2)9-16(8-7-15(13)3)11-6-4-5-10(14)12(11)17(18)19/h4-6H,7-9H2,1-3H3. The van der Waals surface area contributed by atoms with E-state index in [1.807, 2.05) is 11.9 Å². The molecular formula is C13H18FN3O2. The molecule has 1 saturated heterocycles. The fourth-order valence-corrected chi connectivity index (χ4v) is 2.39. The number of anilines is 1. The highest BCUT2D eigenvalue weighted by Crippen LogP contribution is 2.33. The van der Waals surface area contributed by atoms with Crippen LogP contribution in [0.1, 0.15) is 13.8 Å². The van der Waals surface area contributed by atoms with Crippen molar-refractivity contribution in [3.63, 3.8) is 0 Å². The summed E-state index contributed by atoms with van der Waals surface area (Å²) >= 11 is 0. The van der Waals surface area contributed by atoms with Crippen LogP contribution in [0.3, 0.4) is 0 Å². The molecule has 2 rings (SSSR count). The molecule has 1 aliphatic heterocycles. The SMILES string of the molecule is CN1CCN(c2cccc(F)c2[N+](=O)[O-])CC1(C)C. The number of piperazine rings is 1. The van der Waals surface area contributed by atoms with Crippen molar-refractivity contribution in [2.24, 2.45) is 0 Å². The van der Waals surface area contributed by atoms with Crippen LogP contribution in [0, 0.1) is 15.9 Å². The van der Waals surface area contributed by atoms with Crippen LogP contribution in [-0.4, -0.2) is 42.0 Å². The number of likely N-dealkylation sites (N-methyl/N-ethyl adjacent to an activating group) is 1. The molecule has 0 amide bonds. The summed E-state index contributed by atoms with van der Waals surface area (Å²) in [6.07, 6.45) is 0. The number of nitrogens with zero attached hydrogens (tertiary/aromatic N) is 3. The van der Waals surface area contributed by atoms with E-state index in [9.17, 15) is 14.5 Å². The second kappa shape index (κ2) is 4.77. The predicted molar refractivity (Wildman–Crippen MR) is 72.0 cm³/mol. The van der Waals surface area contributed by atoms with Crippen LogP contribution in [-0.2, 0) is 0 Å². The highest BCUT2D eigenvalue weighted by atomic mass is 19.1. The summed E-state index contributed by atoms with van der Waals surface area (Å²) in [4.78, 5) is 14.5. The van der Waals surface area contributed by atoms with Gasteiger partial charge >= 0.3 is 5.69 Å². The van der Waals surface area contributed by atoms with Gasteiger partial charge in [-0.25, -0.2) is 0 Å². The first kappa shape index (κ1) is 13.7. The summed E-state index contributed by atoms with van der Waals surface area (Å²) in [6, 6.07) is 4.26. The van der Waals surface area contributed by atoms with Crippen LogP contribution >= 0.6 is 0 Å². The fourth-order valence-electron chi connectivity index (χ4n) is 2.39. The Morgan fingerprint density at radius 2 is 2.05 bits per heavy atom. The lowest BCUT2D eigenvalue weighted by Gasteiger charge is -2.46. The topological polar surface area (TPSA) is 49.6 Å². The van der Waals surface area contributed by atoms with Crippen molar-refractivity contribution in [1.82, 2.24) is 4.90 Å². The molecule has 1 heterocycles. The van der Waals surface area contributed by atoms with Gasteiger partial charge in [-0.2, -0.15) is 4.39 Å². The Morgan fingerprint density at radius 1 is 1.37 bits per heavy atom. The second-order valence-electron chi connectivity index (χ2n) is 5.52. The van der Waals surface area contributed by atoms with Crippen molar-refractivity contribution < 1.29 is 9.31 Å². The van der Waals surface area contributed by atoms with Crippen molar-refractivity contribution in [2.45, 2.75) is 19.4 Å². The van der Waals surface area contributed by atoms with E-state index >= 15 is 0 Å². The Kier molecular flexibility index (Phi) is 3.45. The summed E-state index contributed by atoms with van der Waals surface area (Å²) in [5, 5.41) is 11.0. The molecule has 6 heteroatoms. The number of benzene rings is 1. The molecule has 1 aromatic rings. The van der Waals surface area contributed by atoms with Crippen LogP contribution < -0.4 is 4.90 Å². The number of halogens is 1. The quantitative estimate of drug-likeness (QED) is 0.609. The lowest BCUT2D eigenvalue weighted by Crippen LogP contribution is -2.57. The first-order chi connectivity index (χ1) is 8.83. The van der Waals surface area contributed by atoms with E-state index < -0.39 is 16.4 Å². The highest BCUT2D eigenvalue weighted by Gasteiger charge is 2.34. The molecule has 0 saturated carbocycles. The Morgan fingerprint density at radius 3 is 2.63 bits per heavy atom. The van der Waals surface area contributed by atoms with Gasteiger partial charge in [-0.05, 0) is 33.0 Å². The molecule has 0 atom stereocenters. The van der Waals surface area contributed by atoms with E-state index in [1.54, 1.807) is 6.07 Å². The third kappa shape index (κ3) is 2.53. The summed E-state index contributed by atoms with van der Waals surface area (Å²) in [5.41, 5.74) is -0.160. The largest absolute Gasteiger partial charge is 0.363 e. The van der Waals surface area contributed by atoms with Gasteiger partial charge in [0.15, 0.2) is 0 Å². The maximum atomic E-state index is 13.6. The van der Waals surface area contributed by atoms with Crippen molar-refractivity contribution in [3.05, 3.63) is 34.1 Å². The van der Waals surface area contributed by atoms with Crippen LogP contribution in [0.25, 0.3) is 0 Å². The molecule has 0 bridgehead atoms. The van der Waals surface area contributed by atoms with E-state index in [2.05, 4.69) is 18.7 Å². The zero-order chi connectivity index (χ0) is 14.2. The summed E-state index contributed by atoms with van der Waals surface area (Å²) in [5.74, 6) is -0.778. The number of nitro benzene ring substituents is 1. The molecule has 19 heavy (non-hydrogen) atoms. The minimum absolute atomic E-state index is 0.0988. The van der Waals surface area contributed by atoms with E-state index in [0.717, 1.165) is 12.6 Å². The van der Waals surface area contributed by atoms with Gasteiger partial charge in [0.25, 0.3) is 0 Å². The molecule has 0 radical (unpaired) electrons. The van der Waals surface area contributed by atoms with Gasteiger partial charge in [0.05, 0.1) is 4.92 Å². The molecule has 1 fully saturated rings. The van der Waals surface area contributed by atoms with E-state index in [0.29, 0.717) is 18.8 Å². The Balaban J connectivity index is 2.38. The zero-order valence-corrected chi connectivity index (χ0v) is 11.4. The number of para-hydroxylation sites is 1. The third-order valence-corrected chi connectivity index (χ3v) is 3.81. The molecule has 0 aliphatic carbocycles. The molecule has 1 aromatic carbocycles. The molecule has 5 nitrogen and oxygen atoms in total. The third-order valence-electron chi connectivity index (χ3n) is 3.81. The number of rotatable bonds is 2. The lowest BCUT2D eigenvalue weighted by molar-refractivity contribution is -0.386. The second-order valence-corrected chi connectivity index (χ2v) is 5.52. The maximum Gasteiger partial charge on any atom is 0.327 e. The summed E-state index contributed by atoms with van der Waals surface area (Å²) < 4.78 is 13.6. The van der Waals surface area contributed by atoms with Crippen LogP contribution in [0.2, 0.25) is 0 Å². The Labute approximate surface area is 111 Å². The number of hydrogen-bond donors (Lipinski definition) is 0. The van der Waals surface area contributed by atoms with Gasteiger partial charge in [0.2, 0.25) is 5.82 Å². The highest BCUT2D eigenvalue weighted by molar-refractivity contribution is 5.64. The average Bonchev–Trinajstić information content (AvgIpc) is 2.31. The smallest absolute Gasteiger partial charge is 0.327 e. The monoisotopic (exact) mass is 267 g/mol. The molecule has 1 aliphatic rings. The van der Waals surface area contributed by atoms with Gasteiger partial charge in [0, 0.05) is 25.2 Å². The van der Waals surface area contributed by atoms with E-state index in [-0.39, 0.29) is 5.54 Å². The van der Waals surface area contributed by atoms with Crippen LogP contribution in [0.4, 0.5) is 15.8 Å². The van der Waals surface area contributed by atoms with Gasteiger partial charge in [0.1, 0.15) is 5.69 Å². The molecule has 104 valence electrons. The molecule has 0 spiro atoms. The van der Waals surface area contributed by atoms with Crippen molar-refractivity contribution >= 4 is 11.4 Å². The van der Waals surface area contributed by atoms with Gasteiger partial charge in [-0.15, -0.1) is 0 Å². The van der Waals surface area contributed by atoms with Crippen molar-refractivity contribution in [1.29, 1.82) is 0 Å². The predicted octanol–water partition coefficient (Wildman–Crippen LogP) is 2.26. The molecule has 0 aromatic heterocycles. The molecule has 0 N–H and O–H groups in total. The summed E-state index contributed by atoms with van der Waals surface area (Å²) in [7, 11) is 2.03. The lowest BCUT2D eigenvalue weighted by atomic mass is 9.99. The van der Waals surface area contributed by atoms with Gasteiger partial charge in [-0.3, -0.25) is 15.0 Å². The maximum absolute atomic E-state index is 13.6. The van der Waals surface area contributed by atoms with Crippen LogP contribution in [0.5, 0.6) is 0 Å². The van der Waals surface area contributed by atoms with Crippen molar-refractivity contribution in [2.75, 3.05) is 31.6 Å². The minimum Gasteiger partial charge on any atom is -0.363 e. The minimum atomic E-state index is -0.778. The molecular weight excluding hydrogens is 249 g/mol. The van der Waals surface area contributed by atoms with Crippen LogP contribution in [0.15, 0.2) is 18.2 Å². The first-order valence-corrected chi connectivity index (χ1v) is 6.22. The number of hydrogen-bond acceptors (Lipinski definition) is 4. The Bertz CT molecular complexity index is 505. The van der Waals surface area contributed by atoms with E-state index in [4.69, 9.17) is 0 Å². The first-order valence-electron chi connectivity index (χ1n) is 6.22.